The Hall–Kier alpha value is -1.88. The van der Waals surface area contributed by atoms with Gasteiger partial charge >= 0.3 is 0 Å². The lowest BCUT2D eigenvalue weighted by Gasteiger charge is -2.01. The minimum Gasteiger partial charge on any atom is -0.355 e. The third-order valence-corrected chi connectivity index (χ3v) is 2.41. The average molecular weight is 205 g/mol. The summed E-state index contributed by atoms with van der Waals surface area (Å²) < 4.78 is 0. The molecule has 1 heterocycles. The average Bonchev–Trinajstić information content (AvgIpc) is 2.59. The van der Waals surface area contributed by atoms with E-state index in [1.165, 1.54) is 6.07 Å². The summed E-state index contributed by atoms with van der Waals surface area (Å²) in [7, 11) is 0. The van der Waals surface area contributed by atoms with Crippen LogP contribution in [0.2, 0.25) is 0 Å². The first kappa shape index (κ1) is 9.67. The number of benzene rings is 1. The molecule has 0 spiro atoms. The molecule has 0 aliphatic rings. The first-order valence-electron chi connectivity index (χ1n) is 4.61. The van der Waals surface area contributed by atoms with E-state index >= 15 is 0 Å². The van der Waals surface area contributed by atoms with E-state index in [2.05, 4.69) is 4.98 Å². The van der Waals surface area contributed by atoms with Crippen molar-refractivity contribution in [2.24, 2.45) is 5.73 Å². The molecule has 0 radical (unpaired) electrons. The van der Waals surface area contributed by atoms with Crippen molar-refractivity contribution in [2.75, 3.05) is 0 Å². The second-order valence-electron chi connectivity index (χ2n) is 3.49. The van der Waals surface area contributed by atoms with Gasteiger partial charge < -0.3 is 10.7 Å². The van der Waals surface area contributed by atoms with Crippen molar-refractivity contribution < 1.29 is 4.92 Å². The molecule has 1 aromatic heterocycles. The Morgan fingerprint density at radius 1 is 1.53 bits per heavy atom. The number of aromatic nitrogens is 1. The van der Waals surface area contributed by atoms with Crippen LogP contribution >= 0.6 is 0 Å². The lowest BCUT2D eigenvalue weighted by molar-refractivity contribution is -0.383. The zero-order valence-corrected chi connectivity index (χ0v) is 8.23. The number of hydrogen-bond donors (Lipinski definition) is 2. The molecule has 0 amide bonds. The number of nitro benzene ring substituents is 1. The van der Waals surface area contributed by atoms with Gasteiger partial charge in [-0.25, -0.2) is 0 Å². The molecule has 78 valence electrons. The summed E-state index contributed by atoms with van der Waals surface area (Å²) in [6.45, 7) is 1.85. The van der Waals surface area contributed by atoms with Gasteiger partial charge in [-0.3, -0.25) is 10.1 Å². The number of nitrogens with zero attached hydrogens (tertiary/aromatic N) is 1. The van der Waals surface area contributed by atoms with Gasteiger partial charge in [0.2, 0.25) is 0 Å². The van der Waals surface area contributed by atoms with Gasteiger partial charge in [-0.05, 0) is 12.5 Å². The van der Waals surface area contributed by atoms with Crippen molar-refractivity contribution in [3.8, 4) is 0 Å². The highest BCUT2D eigenvalue weighted by Gasteiger charge is 2.15. The second kappa shape index (κ2) is 3.36. The number of nitrogens with two attached hydrogens (primary N) is 1. The largest absolute Gasteiger partial charge is 0.355 e. The zero-order chi connectivity index (χ0) is 11.0. The maximum absolute atomic E-state index is 10.7. The van der Waals surface area contributed by atoms with Crippen LogP contribution in [0.1, 0.15) is 18.5 Å². The van der Waals surface area contributed by atoms with Crippen LogP contribution in [0.25, 0.3) is 10.9 Å². The summed E-state index contributed by atoms with van der Waals surface area (Å²) in [4.78, 5) is 13.2. The van der Waals surface area contributed by atoms with Crippen LogP contribution in [-0.2, 0) is 0 Å². The molecule has 2 aromatic rings. The van der Waals surface area contributed by atoms with Gasteiger partial charge in [0.25, 0.3) is 5.69 Å². The fraction of sp³-hybridized carbons (Fsp3) is 0.200. The molecule has 0 saturated carbocycles. The number of hydrogen-bond acceptors (Lipinski definition) is 3. The number of nitrogens with one attached hydrogen (secondary N) is 1. The molecule has 2 rings (SSSR count). The van der Waals surface area contributed by atoms with Crippen molar-refractivity contribution >= 4 is 16.6 Å². The summed E-state index contributed by atoms with van der Waals surface area (Å²) in [6.07, 6.45) is 1.72. The molecule has 1 aromatic carbocycles. The SMILES string of the molecule is C[C@H](N)c1c[nH]c2c([N+](=O)[O-])cccc12. The molecule has 0 fully saturated rings. The third kappa shape index (κ3) is 1.46. The van der Waals surface area contributed by atoms with Crippen molar-refractivity contribution in [1.29, 1.82) is 0 Å². The Balaban J connectivity index is 2.74. The molecule has 3 N–H and O–H groups in total. The van der Waals surface area contributed by atoms with Gasteiger partial charge in [0.05, 0.1) is 4.92 Å². The van der Waals surface area contributed by atoms with Crippen LogP contribution in [0, 0.1) is 10.1 Å². The normalized spacial score (nSPS) is 12.9. The summed E-state index contributed by atoms with van der Waals surface area (Å²) in [5.74, 6) is 0. The topological polar surface area (TPSA) is 85.0 Å². The molecular formula is C10H11N3O2. The molecule has 5 nitrogen and oxygen atoms in total. The number of para-hydroxylation sites is 1. The van der Waals surface area contributed by atoms with Crippen LogP contribution in [0.15, 0.2) is 24.4 Å². The molecule has 0 unspecified atom stereocenters. The van der Waals surface area contributed by atoms with E-state index in [4.69, 9.17) is 5.73 Å². The zero-order valence-electron chi connectivity index (χ0n) is 8.23. The lowest BCUT2D eigenvalue weighted by atomic mass is 10.1. The fourth-order valence-electron chi connectivity index (χ4n) is 1.69. The van der Waals surface area contributed by atoms with E-state index < -0.39 is 4.92 Å². The number of aromatic amines is 1. The van der Waals surface area contributed by atoms with Crippen LogP contribution in [0.3, 0.4) is 0 Å². The number of non-ortho nitro benzene ring substituents is 1. The summed E-state index contributed by atoms with van der Waals surface area (Å²) in [5.41, 5.74) is 7.28. The van der Waals surface area contributed by atoms with Crippen molar-refractivity contribution in [3.63, 3.8) is 0 Å². The summed E-state index contributed by atoms with van der Waals surface area (Å²) in [6, 6.07) is 4.84. The molecule has 0 saturated heterocycles. The number of rotatable bonds is 2. The van der Waals surface area contributed by atoms with Gasteiger partial charge in [-0.2, -0.15) is 0 Å². The van der Waals surface area contributed by atoms with Crippen molar-refractivity contribution in [3.05, 3.63) is 40.1 Å². The van der Waals surface area contributed by atoms with Crippen molar-refractivity contribution in [1.82, 2.24) is 4.98 Å². The Bertz CT molecular complexity index is 516. The van der Waals surface area contributed by atoms with Gasteiger partial charge in [-0.1, -0.05) is 12.1 Å². The quantitative estimate of drug-likeness (QED) is 0.581. The van der Waals surface area contributed by atoms with Crippen LogP contribution in [0.5, 0.6) is 0 Å². The predicted octanol–water partition coefficient (Wildman–Crippen LogP) is 2.10. The maximum atomic E-state index is 10.7. The van der Waals surface area contributed by atoms with Gasteiger partial charge in [-0.15, -0.1) is 0 Å². The Labute approximate surface area is 86.0 Å². The highest BCUT2D eigenvalue weighted by Crippen LogP contribution is 2.29. The van der Waals surface area contributed by atoms with Crippen LogP contribution < -0.4 is 5.73 Å². The minimum absolute atomic E-state index is 0.0828. The van der Waals surface area contributed by atoms with E-state index in [0.29, 0.717) is 5.52 Å². The standard InChI is InChI=1S/C10H11N3O2/c1-6(11)8-5-12-10-7(8)3-2-4-9(10)13(14)15/h2-6,12H,11H2,1H3/t6-/m0/s1. The first-order valence-corrected chi connectivity index (χ1v) is 4.61. The molecule has 0 aliphatic heterocycles. The molecule has 15 heavy (non-hydrogen) atoms. The second-order valence-corrected chi connectivity index (χ2v) is 3.49. The first-order chi connectivity index (χ1) is 7.11. The molecule has 0 bridgehead atoms. The van der Waals surface area contributed by atoms with E-state index in [-0.39, 0.29) is 11.7 Å². The molecule has 0 aliphatic carbocycles. The molecular weight excluding hydrogens is 194 g/mol. The fourth-order valence-corrected chi connectivity index (χ4v) is 1.69. The smallest absolute Gasteiger partial charge is 0.293 e. The number of H-pyrrole nitrogens is 1. The lowest BCUT2D eigenvalue weighted by Crippen LogP contribution is -2.03. The van der Waals surface area contributed by atoms with E-state index in [0.717, 1.165) is 10.9 Å². The number of nitro groups is 1. The van der Waals surface area contributed by atoms with Crippen LogP contribution in [0.4, 0.5) is 5.69 Å². The van der Waals surface area contributed by atoms with Crippen molar-refractivity contribution in [2.45, 2.75) is 13.0 Å². The van der Waals surface area contributed by atoms with E-state index in [9.17, 15) is 10.1 Å². The Morgan fingerprint density at radius 3 is 2.87 bits per heavy atom. The highest BCUT2D eigenvalue weighted by molar-refractivity contribution is 5.90. The Morgan fingerprint density at radius 2 is 2.27 bits per heavy atom. The van der Waals surface area contributed by atoms with Crippen LogP contribution in [-0.4, -0.2) is 9.91 Å². The van der Waals surface area contributed by atoms with E-state index in [1.54, 1.807) is 12.3 Å². The predicted molar refractivity (Wildman–Crippen MR) is 57.6 cm³/mol. The van der Waals surface area contributed by atoms with Gasteiger partial charge in [0, 0.05) is 23.7 Å². The monoisotopic (exact) mass is 205 g/mol. The maximum Gasteiger partial charge on any atom is 0.293 e. The molecule has 1 atom stereocenters. The minimum atomic E-state index is -0.399. The third-order valence-electron chi connectivity index (χ3n) is 2.41. The van der Waals surface area contributed by atoms with Gasteiger partial charge in [0.1, 0.15) is 5.52 Å². The highest BCUT2D eigenvalue weighted by atomic mass is 16.6. The summed E-state index contributed by atoms with van der Waals surface area (Å²) >= 11 is 0. The summed E-state index contributed by atoms with van der Waals surface area (Å²) in [5, 5.41) is 11.6. The number of fused-ring (bicyclic) bond motifs is 1. The van der Waals surface area contributed by atoms with E-state index in [1.807, 2.05) is 13.0 Å². The Kier molecular flexibility index (Phi) is 2.17. The molecule has 5 heteroatoms. The van der Waals surface area contributed by atoms with Gasteiger partial charge in [0.15, 0.2) is 0 Å².